The lowest BCUT2D eigenvalue weighted by Crippen LogP contribution is -2.24. The molecule has 2 aromatic heterocycles. The third-order valence-electron chi connectivity index (χ3n) is 5.35. The smallest absolute Gasteiger partial charge is 0.276 e. The molecule has 4 rings (SSSR count). The highest BCUT2D eigenvalue weighted by molar-refractivity contribution is 5.66. The number of ether oxygens (including phenoxy) is 1. The van der Waals surface area contributed by atoms with E-state index in [2.05, 4.69) is 5.10 Å². The van der Waals surface area contributed by atoms with Crippen LogP contribution in [0.15, 0.2) is 65.7 Å². The first-order valence-corrected chi connectivity index (χ1v) is 10.0. The van der Waals surface area contributed by atoms with Crippen molar-refractivity contribution < 1.29 is 9.84 Å². The van der Waals surface area contributed by atoms with Gasteiger partial charge in [-0.05, 0) is 67.8 Å². The molecule has 154 valence electrons. The summed E-state index contributed by atoms with van der Waals surface area (Å²) in [7, 11) is 0. The molecule has 6 nitrogen and oxygen atoms in total. The summed E-state index contributed by atoms with van der Waals surface area (Å²) >= 11 is 0. The summed E-state index contributed by atoms with van der Waals surface area (Å²) in [4.78, 5) is 13.0. The van der Waals surface area contributed by atoms with Crippen molar-refractivity contribution in [1.29, 1.82) is 0 Å². The van der Waals surface area contributed by atoms with Crippen LogP contribution in [0.1, 0.15) is 29.7 Å². The number of aromatic nitrogens is 3. The summed E-state index contributed by atoms with van der Waals surface area (Å²) in [5.74, 6) is 0.799. The van der Waals surface area contributed by atoms with Gasteiger partial charge in [0, 0.05) is 18.0 Å². The van der Waals surface area contributed by atoms with Crippen LogP contribution in [0.3, 0.4) is 0 Å². The van der Waals surface area contributed by atoms with Gasteiger partial charge in [0.15, 0.2) is 0 Å². The van der Waals surface area contributed by atoms with Crippen molar-refractivity contribution in [1.82, 2.24) is 14.2 Å². The molecule has 0 bridgehead atoms. The lowest BCUT2D eigenvalue weighted by molar-refractivity contribution is 0.155. The molecule has 30 heavy (non-hydrogen) atoms. The fourth-order valence-electron chi connectivity index (χ4n) is 3.46. The predicted molar refractivity (Wildman–Crippen MR) is 117 cm³/mol. The van der Waals surface area contributed by atoms with E-state index in [1.165, 1.54) is 10.1 Å². The number of hydrogen-bond donors (Lipinski definition) is 1. The molecule has 0 unspecified atom stereocenters. The molecule has 0 amide bonds. The number of benzene rings is 2. The van der Waals surface area contributed by atoms with Crippen LogP contribution in [0.25, 0.3) is 16.8 Å². The van der Waals surface area contributed by atoms with Gasteiger partial charge in [-0.15, -0.1) is 0 Å². The molecule has 1 N–H and O–H groups in total. The van der Waals surface area contributed by atoms with Crippen molar-refractivity contribution in [3.05, 3.63) is 88.0 Å². The number of aliphatic hydroxyl groups excluding tert-OH is 1. The average molecular weight is 403 g/mol. The molecule has 0 aliphatic carbocycles. The first kappa shape index (κ1) is 19.9. The SMILES string of the molecule is CCOc1ccc(-c2cc3c(=O)n(C[C@H](O)c4ccc(C)c(C)c4)ccn3n2)cc1. The molecule has 0 radical (unpaired) electrons. The summed E-state index contributed by atoms with van der Waals surface area (Å²) in [6.07, 6.45) is 2.63. The Balaban J connectivity index is 1.62. The van der Waals surface area contributed by atoms with E-state index in [-0.39, 0.29) is 12.1 Å². The second-order valence-electron chi connectivity index (χ2n) is 7.43. The number of aliphatic hydroxyl groups is 1. The highest BCUT2D eigenvalue weighted by Crippen LogP contribution is 2.22. The van der Waals surface area contributed by atoms with Gasteiger partial charge in [0.05, 0.1) is 24.9 Å². The molecule has 6 heteroatoms. The van der Waals surface area contributed by atoms with E-state index in [1.807, 2.05) is 63.2 Å². The zero-order valence-corrected chi connectivity index (χ0v) is 17.4. The number of fused-ring (bicyclic) bond motifs is 1. The van der Waals surface area contributed by atoms with Crippen LogP contribution in [0.5, 0.6) is 5.75 Å². The Morgan fingerprint density at radius 2 is 1.80 bits per heavy atom. The quantitative estimate of drug-likeness (QED) is 0.530. The molecule has 0 saturated heterocycles. The normalized spacial score (nSPS) is 12.3. The average Bonchev–Trinajstić information content (AvgIpc) is 3.18. The van der Waals surface area contributed by atoms with Crippen LogP contribution >= 0.6 is 0 Å². The lowest BCUT2D eigenvalue weighted by atomic mass is 10.0. The summed E-state index contributed by atoms with van der Waals surface area (Å²) in [6.45, 7) is 6.78. The Kier molecular flexibility index (Phi) is 5.42. The fourth-order valence-corrected chi connectivity index (χ4v) is 3.46. The van der Waals surface area contributed by atoms with Crippen molar-refractivity contribution >= 4 is 5.52 Å². The van der Waals surface area contributed by atoms with E-state index in [1.54, 1.807) is 23.0 Å². The summed E-state index contributed by atoms with van der Waals surface area (Å²) in [5, 5.41) is 15.2. The van der Waals surface area contributed by atoms with Crippen molar-refractivity contribution in [3.63, 3.8) is 0 Å². The monoisotopic (exact) mass is 403 g/mol. The van der Waals surface area contributed by atoms with Crippen molar-refractivity contribution in [2.24, 2.45) is 0 Å². The van der Waals surface area contributed by atoms with Gasteiger partial charge in [-0.1, -0.05) is 18.2 Å². The van der Waals surface area contributed by atoms with Gasteiger partial charge >= 0.3 is 0 Å². The van der Waals surface area contributed by atoms with Gasteiger partial charge in [0.1, 0.15) is 11.3 Å². The van der Waals surface area contributed by atoms with E-state index >= 15 is 0 Å². The maximum Gasteiger partial charge on any atom is 0.276 e. The van der Waals surface area contributed by atoms with Crippen molar-refractivity contribution in [2.75, 3.05) is 6.61 Å². The molecule has 4 aromatic rings. The number of nitrogens with zero attached hydrogens (tertiary/aromatic N) is 3. The van der Waals surface area contributed by atoms with E-state index in [0.29, 0.717) is 17.8 Å². The highest BCUT2D eigenvalue weighted by Gasteiger charge is 2.14. The van der Waals surface area contributed by atoms with Crippen LogP contribution in [0.2, 0.25) is 0 Å². The molecule has 0 saturated carbocycles. The lowest BCUT2D eigenvalue weighted by Gasteiger charge is -2.14. The maximum absolute atomic E-state index is 13.0. The molecule has 0 fully saturated rings. The molecule has 0 aliphatic heterocycles. The van der Waals surface area contributed by atoms with Gasteiger partial charge in [-0.25, -0.2) is 4.52 Å². The Labute approximate surface area is 175 Å². The molecule has 2 heterocycles. The Morgan fingerprint density at radius 1 is 1.03 bits per heavy atom. The van der Waals surface area contributed by atoms with Gasteiger partial charge in [0.2, 0.25) is 0 Å². The second-order valence-corrected chi connectivity index (χ2v) is 7.43. The molecule has 2 aromatic carbocycles. The van der Waals surface area contributed by atoms with E-state index in [0.717, 1.165) is 22.4 Å². The fraction of sp³-hybridized carbons (Fsp3) is 0.250. The third kappa shape index (κ3) is 3.86. The van der Waals surface area contributed by atoms with Crippen LogP contribution in [0.4, 0.5) is 0 Å². The Hall–Kier alpha value is -3.38. The van der Waals surface area contributed by atoms with E-state index < -0.39 is 6.10 Å². The van der Waals surface area contributed by atoms with Crippen molar-refractivity contribution in [2.45, 2.75) is 33.4 Å². The Morgan fingerprint density at radius 3 is 2.50 bits per heavy atom. The standard InChI is InChI=1S/C24H25N3O3/c1-4-30-20-9-7-18(8-10-20)21-14-22-24(29)26(11-12-27(22)25-21)15-23(28)19-6-5-16(2)17(3)13-19/h5-14,23,28H,4,15H2,1-3H3/t23-/m0/s1. The molecule has 0 spiro atoms. The zero-order chi connectivity index (χ0) is 21.3. The second kappa shape index (κ2) is 8.16. The van der Waals surface area contributed by atoms with E-state index in [9.17, 15) is 9.90 Å². The molecule has 0 aliphatic rings. The van der Waals surface area contributed by atoms with Gasteiger partial charge in [0.25, 0.3) is 5.56 Å². The summed E-state index contributed by atoms with van der Waals surface area (Å²) in [6, 6.07) is 15.3. The van der Waals surface area contributed by atoms with E-state index in [4.69, 9.17) is 4.74 Å². The first-order chi connectivity index (χ1) is 14.5. The Bertz CT molecular complexity index is 1240. The minimum atomic E-state index is -0.766. The van der Waals surface area contributed by atoms with Gasteiger partial charge in [-0.3, -0.25) is 4.79 Å². The highest BCUT2D eigenvalue weighted by atomic mass is 16.5. The van der Waals surface area contributed by atoms with Crippen LogP contribution in [0, 0.1) is 13.8 Å². The number of hydrogen-bond acceptors (Lipinski definition) is 4. The molecular formula is C24H25N3O3. The minimum absolute atomic E-state index is 0.182. The van der Waals surface area contributed by atoms with Crippen molar-refractivity contribution in [3.8, 4) is 17.0 Å². The van der Waals surface area contributed by atoms with Crippen LogP contribution in [-0.2, 0) is 6.54 Å². The molecular weight excluding hydrogens is 378 g/mol. The van der Waals surface area contributed by atoms with Crippen LogP contribution in [-0.4, -0.2) is 25.9 Å². The summed E-state index contributed by atoms with van der Waals surface area (Å²) in [5.41, 5.74) is 4.98. The third-order valence-corrected chi connectivity index (χ3v) is 5.35. The zero-order valence-electron chi connectivity index (χ0n) is 17.4. The first-order valence-electron chi connectivity index (χ1n) is 10.0. The number of aryl methyl sites for hydroxylation is 2. The largest absolute Gasteiger partial charge is 0.494 e. The topological polar surface area (TPSA) is 68.8 Å². The molecule has 1 atom stereocenters. The number of rotatable bonds is 6. The van der Waals surface area contributed by atoms with Gasteiger partial charge < -0.3 is 14.4 Å². The maximum atomic E-state index is 13.0. The van der Waals surface area contributed by atoms with Crippen LogP contribution < -0.4 is 10.3 Å². The predicted octanol–water partition coefficient (Wildman–Crippen LogP) is 3.91. The minimum Gasteiger partial charge on any atom is -0.494 e. The summed E-state index contributed by atoms with van der Waals surface area (Å²) < 4.78 is 8.58. The van der Waals surface area contributed by atoms with Gasteiger partial charge in [-0.2, -0.15) is 5.10 Å².